The minimum absolute atomic E-state index is 0.123. The summed E-state index contributed by atoms with van der Waals surface area (Å²) in [4.78, 5) is 22.3. The molecule has 0 aromatic heterocycles. The van der Waals surface area contributed by atoms with Gasteiger partial charge in [-0.2, -0.15) is 13.2 Å². The van der Waals surface area contributed by atoms with Crippen molar-refractivity contribution in [2.45, 2.75) is 45.1 Å². The maximum atomic E-state index is 13.3. The summed E-state index contributed by atoms with van der Waals surface area (Å²) < 4.78 is 39.9. The van der Waals surface area contributed by atoms with Crippen LogP contribution in [-0.4, -0.2) is 35.0 Å². The topological polar surface area (TPSA) is 72.2 Å². The summed E-state index contributed by atoms with van der Waals surface area (Å²) in [5.74, 6) is -1.35. The van der Waals surface area contributed by atoms with Crippen LogP contribution in [0, 0.1) is 16.0 Å². The molecule has 0 saturated heterocycles. The van der Waals surface area contributed by atoms with Crippen LogP contribution in [0.5, 0.6) is 0 Å². The lowest BCUT2D eigenvalue weighted by Crippen LogP contribution is -2.59. The molecule has 0 spiro atoms. The molecule has 0 heterocycles. The van der Waals surface area contributed by atoms with Crippen LogP contribution in [0.1, 0.15) is 31.1 Å². The molecule has 0 unspecified atom stereocenters. The lowest BCUT2D eigenvalue weighted by molar-refractivity contribution is -0.517. The number of rotatable bonds is 7. The molecule has 0 radical (unpaired) electrons. The number of alkyl halides is 3. The monoisotopic (exact) mass is 332 g/mol. The van der Waals surface area contributed by atoms with Crippen LogP contribution in [0.25, 0.3) is 0 Å². The Hall–Kier alpha value is -1.96. The Bertz CT molecular complexity index is 547. The van der Waals surface area contributed by atoms with Crippen molar-refractivity contribution >= 4 is 5.78 Å². The summed E-state index contributed by atoms with van der Waals surface area (Å²) in [6, 6.07) is 1.34. The molecule has 0 amide bonds. The zero-order chi connectivity index (χ0) is 17.8. The number of nitro groups is 1. The molecule has 0 aliphatic carbocycles. The van der Waals surface area contributed by atoms with Gasteiger partial charge in [0, 0.05) is 16.5 Å². The predicted molar refractivity (Wildman–Crippen MR) is 78.8 cm³/mol. The Labute approximate surface area is 132 Å². The second-order valence-corrected chi connectivity index (χ2v) is 5.68. The number of nitrogens with one attached hydrogen (secondary N) is 1. The minimum atomic E-state index is -4.93. The first kappa shape index (κ1) is 19.1. The molecule has 1 rings (SSSR count). The third-order valence-electron chi connectivity index (χ3n) is 3.66. The van der Waals surface area contributed by atoms with E-state index in [1.807, 2.05) is 0 Å². The summed E-state index contributed by atoms with van der Waals surface area (Å²) in [6.07, 6.45) is -4.93. The fraction of sp³-hybridized carbons (Fsp3) is 0.533. The number of hydrogen-bond donors (Lipinski definition) is 1. The van der Waals surface area contributed by atoms with Crippen molar-refractivity contribution in [3.05, 3.63) is 46.0 Å². The Morgan fingerprint density at radius 1 is 1.17 bits per heavy atom. The summed E-state index contributed by atoms with van der Waals surface area (Å²) in [5, 5.41) is 13.4. The second kappa shape index (κ2) is 7.54. The molecule has 3 atom stereocenters. The van der Waals surface area contributed by atoms with E-state index in [4.69, 9.17) is 0 Å². The molecule has 1 aromatic rings. The SMILES string of the molecule is CC(C)[C@@H](C)N[C@H]([C@H](C(=O)c1ccccc1)[N+](=O)[O-])C(F)(F)F. The average Bonchev–Trinajstić information content (AvgIpc) is 2.45. The van der Waals surface area contributed by atoms with E-state index in [0.29, 0.717) is 0 Å². The highest BCUT2D eigenvalue weighted by molar-refractivity contribution is 5.99. The van der Waals surface area contributed by atoms with Gasteiger partial charge in [0.15, 0.2) is 6.04 Å². The molecule has 1 aromatic carbocycles. The van der Waals surface area contributed by atoms with Crippen LogP contribution < -0.4 is 5.32 Å². The number of halogens is 3. The molecular formula is C15H19F3N2O3. The lowest BCUT2D eigenvalue weighted by Gasteiger charge is -2.28. The van der Waals surface area contributed by atoms with Crippen molar-refractivity contribution in [3.8, 4) is 0 Å². The zero-order valence-electron chi connectivity index (χ0n) is 13.0. The van der Waals surface area contributed by atoms with Gasteiger partial charge in [-0.25, -0.2) is 0 Å². The van der Waals surface area contributed by atoms with E-state index in [1.165, 1.54) is 31.2 Å². The number of carbonyl (C=O) groups is 1. The predicted octanol–water partition coefficient (Wildman–Crippen LogP) is 3.08. The molecule has 1 N–H and O–H groups in total. The van der Waals surface area contributed by atoms with E-state index < -0.39 is 35.0 Å². The van der Waals surface area contributed by atoms with Gasteiger partial charge in [0.2, 0.25) is 5.78 Å². The maximum Gasteiger partial charge on any atom is 0.411 e. The number of Topliss-reactive ketones (excluding diaryl/α,β-unsaturated/α-hetero) is 1. The molecule has 0 saturated carbocycles. The average molecular weight is 332 g/mol. The summed E-state index contributed by atoms with van der Waals surface area (Å²) in [6.45, 7) is 4.87. The Morgan fingerprint density at radius 3 is 2.09 bits per heavy atom. The fourth-order valence-electron chi connectivity index (χ4n) is 1.98. The van der Waals surface area contributed by atoms with E-state index >= 15 is 0 Å². The molecule has 23 heavy (non-hydrogen) atoms. The zero-order valence-corrected chi connectivity index (χ0v) is 13.0. The van der Waals surface area contributed by atoms with Gasteiger partial charge in [-0.3, -0.25) is 20.2 Å². The van der Waals surface area contributed by atoms with Gasteiger partial charge in [-0.05, 0) is 12.8 Å². The Balaban J connectivity index is 3.21. The molecule has 0 aliphatic heterocycles. The molecule has 0 aliphatic rings. The lowest BCUT2D eigenvalue weighted by atomic mass is 9.96. The quantitative estimate of drug-likeness (QED) is 0.473. The third-order valence-corrected chi connectivity index (χ3v) is 3.66. The second-order valence-electron chi connectivity index (χ2n) is 5.68. The van der Waals surface area contributed by atoms with Crippen molar-refractivity contribution in [2.75, 3.05) is 0 Å². The van der Waals surface area contributed by atoms with Gasteiger partial charge >= 0.3 is 6.18 Å². The van der Waals surface area contributed by atoms with Gasteiger partial charge in [0.05, 0.1) is 0 Å². The fourth-order valence-corrected chi connectivity index (χ4v) is 1.98. The number of benzene rings is 1. The third kappa shape index (κ3) is 5.02. The number of carbonyl (C=O) groups excluding carboxylic acids is 1. The molecule has 128 valence electrons. The van der Waals surface area contributed by atoms with Gasteiger partial charge in [-0.1, -0.05) is 44.2 Å². The smallest absolute Gasteiger partial charge is 0.297 e. The molecule has 8 heteroatoms. The largest absolute Gasteiger partial charge is 0.411 e. The molecular weight excluding hydrogens is 313 g/mol. The van der Waals surface area contributed by atoms with Crippen LogP contribution in [0.3, 0.4) is 0 Å². The van der Waals surface area contributed by atoms with E-state index in [-0.39, 0.29) is 11.5 Å². The minimum Gasteiger partial charge on any atom is -0.297 e. The summed E-state index contributed by atoms with van der Waals surface area (Å²) >= 11 is 0. The normalized spacial score (nSPS) is 16.0. The standard InChI is InChI=1S/C15H19F3N2O3/c1-9(2)10(3)19-14(15(16,17)18)12(20(22)23)13(21)11-7-5-4-6-8-11/h4-10,12,14,19H,1-3H3/t10-,12+,14-/m1/s1. The van der Waals surface area contributed by atoms with Crippen LogP contribution in [-0.2, 0) is 0 Å². The highest BCUT2D eigenvalue weighted by atomic mass is 19.4. The molecule has 0 bridgehead atoms. The van der Waals surface area contributed by atoms with Gasteiger partial charge in [-0.15, -0.1) is 0 Å². The van der Waals surface area contributed by atoms with Crippen molar-refractivity contribution in [2.24, 2.45) is 5.92 Å². The van der Waals surface area contributed by atoms with E-state index in [1.54, 1.807) is 19.9 Å². The van der Waals surface area contributed by atoms with Gasteiger partial charge < -0.3 is 0 Å². The number of ketones is 1. The van der Waals surface area contributed by atoms with E-state index in [9.17, 15) is 28.1 Å². The van der Waals surface area contributed by atoms with Crippen molar-refractivity contribution in [3.63, 3.8) is 0 Å². The first-order valence-electron chi connectivity index (χ1n) is 7.11. The molecule has 0 fully saturated rings. The van der Waals surface area contributed by atoms with E-state index in [0.717, 1.165) is 0 Å². The van der Waals surface area contributed by atoms with Crippen LogP contribution in [0.15, 0.2) is 30.3 Å². The van der Waals surface area contributed by atoms with Crippen LogP contribution in [0.4, 0.5) is 13.2 Å². The van der Waals surface area contributed by atoms with Crippen molar-refractivity contribution in [1.82, 2.24) is 5.32 Å². The summed E-state index contributed by atoms with van der Waals surface area (Å²) in [5.41, 5.74) is -0.123. The highest BCUT2D eigenvalue weighted by Crippen LogP contribution is 2.27. The maximum absolute atomic E-state index is 13.3. The van der Waals surface area contributed by atoms with Crippen LogP contribution in [0.2, 0.25) is 0 Å². The van der Waals surface area contributed by atoms with Crippen molar-refractivity contribution in [1.29, 1.82) is 0 Å². The number of nitrogens with zero attached hydrogens (tertiary/aromatic N) is 1. The van der Waals surface area contributed by atoms with Crippen molar-refractivity contribution < 1.29 is 22.9 Å². The first-order chi connectivity index (χ1) is 10.6. The molecule has 5 nitrogen and oxygen atoms in total. The first-order valence-corrected chi connectivity index (χ1v) is 7.11. The van der Waals surface area contributed by atoms with Gasteiger partial charge in [0.25, 0.3) is 6.04 Å². The Kier molecular flexibility index (Phi) is 6.26. The summed E-state index contributed by atoms with van der Waals surface area (Å²) in [7, 11) is 0. The van der Waals surface area contributed by atoms with Crippen LogP contribution >= 0.6 is 0 Å². The van der Waals surface area contributed by atoms with E-state index in [2.05, 4.69) is 5.32 Å². The highest BCUT2D eigenvalue weighted by Gasteiger charge is 2.54. The Morgan fingerprint density at radius 2 is 1.70 bits per heavy atom. The van der Waals surface area contributed by atoms with Gasteiger partial charge in [0.1, 0.15) is 0 Å². The number of hydrogen-bond acceptors (Lipinski definition) is 4.